The maximum Gasteiger partial charge on any atom is 0.307 e. The number of rotatable bonds is 8. The summed E-state index contributed by atoms with van der Waals surface area (Å²) in [6.45, 7) is 1.80. The Morgan fingerprint density at radius 3 is 2.66 bits per heavy atom. The van der Waals surface area contributed by atoms with Crippen molar-refractivity contribution >= 4 is 51.8 Å². The van der Waals surface area contributed by atoms with Gasteiger partial charge < -0.3 is 14.8 Å². The molecule has 3 aromatic rings. The SMILES string of the molecule is COC(=O)CCn1c(SC(C)C(=O)Nc2ccc(OC)c(Cl)c2)nc2ccccc2c1=O. The molecule has 0 spiro atoms. The first-order chi connectivity index (χ1) is 15.3. The van der Waals surface area contributed by atoms with Gasteiger partial charge in [0, 0.05) is 12.2 Å². The summed E-state index contributed by atoms with van der Waals surface area (Å²) in [6, 6.07) is 11.9. The van der Waals surface area contributed by atoms with Gasteiger partial charge in [-0.05, 0) is 37.3 Å². The van der Waals surface area contributed by atoms with Crippen LogP contribution in [0.2, 0.25) is 5.02 Å². The Morgan fingerprint density at radius 2 is 1.97 bits per heavy atom. The molecule has 1 unspecified atom stereocenters. The average molecular weight is 476 g/mol. The van der Waals surface area contributed by atoms with Crippen molar-refractivity contribution in [3.8, 4) is 5.75 Å². The third-order valence-electron chi connectivity index (χ3n) is 4.66. The Labute approximate surface area is 193 Å². The summed E-state index contributed by atoms with van der Waals surface area (Å²) < 4.78 is 11.2. The highest BCUT2D eigenvalue weighted by Gasteiger charge is 2.20. The van der Waals surface area contributed by atoms with E-state index in [-0.39, 0.29) is 24.4 Å². The van der Waals surface area contributed by atoms with E-state index < -0.39 is 11.2 Å². The molecular formula is C22H22ClN3O5S. The van der Waals surface area contributed by atoms with E-state index >= 15 is 0 Å². The number of thioether (sulfide) groups is 1. The van der Waals surface area contributed by atoms with E-state index in [1.54, 1.807) is 49.4 Å². The van der Waals surface area contributed by atoms with Gasteiger partial charge in [-0.1, -0.05) is 35.5 Å². The van der Waals surface area contributed by atoms with Crippen LogP contribution >= 0.6 is 23.4 Å². The highest BCUT2D eigenvalue weighted by Crippen LogP contribution is 2.28. The number of ether oxygens (including phenoxy) is 2. The zero-order valence-corrected chi connectivity index (χ0v) is 19.3. The van der Waals surface area contributed by atoms with E-state index in [0.29, 0.717) is 32.5 Å². The maximum atomic E-state index is 13.0. The molecule has 0 aliphatic heterocycles. The molecule has 0 bridgehead atoms. The van der Waals surface area contributed by atoms with Crippen LogP contribution < -0.4 is 15.6 Å². The van der Waals surface area contributed by atoms with Crippen LogP contribution in [0.4, 0.5) is 5.69 Å². The molecule has 0 saturated heterocycles. The molecule has 2 aromatic carbocycles. The number of carbonyl (C=O) groups is 2. The Hall–Kier alpha value is -3.04. The molecule has 1 atom stereocenters. The molecule has 0 radical (unpaired) electrons. The smallest absolute Gasteiger partial charge is 0.307 e. The van der Waals surface area contributed by atoms with Gasteiger partial charge in [-0.3, -0.25) is 19.0 Å². The summed E-state index contributed by atoms with van der Waals surface area (Å²) >= 11 is 7.25. The second-order valence-electron chi connectivity index (χ2n) is 6.79. The predicted molar refractivity (Wildman–Crippen MR) is 125 cm³/mol. The number of hydrogen-bond acceptors (Lipinski definition) is 7. The van der Waals surface area contributed by atoms with E-state index in [4.69, 9.17) is 16.3 Å². The summed E-state index contributed by atoms with van der Waals surface area (Å²) in [5.74, 6) is -0.233. The van der Waals surface area contributed by atoms with E-state index in [0.717, 1.165) is 11.8 Å². The van der Waals surface area contributed by atoms with Gasteiger partial charge in [0.2, 0.25) is 5.91 Å². The average Bonchev–Trinajstić information content (AvgIpc) is 2.78. The van der Waals surface area contributed by atoms with Crippen LogP contribution in [0, 0.1) is 0 Å². The number of methoxy groups -OCH3 is 2. The van der Waals surface area contributed by atoms with Gasteiger partial charge in [0.1, 0.15) is 5.75 Å². The molecule has 0 saturated carbocycles. The molecule has 168 valence electrons. The summed E-state index contributed by atoms with van der Waals surface area (Å²) in [4.78, 5) is 42.0. The predicted octanol–water partition coefficient (Wildman–Crippen LogP) is 3.74. The lowest BCUT2D eigenvalue weighted by Crippen LogP contribution is -2.27. The molecule has 0 aliphatic carbocycles. The maximum absolute atomic E-state index is 13.0. The number of fused-ring (bicyclic) bond motifs is 1. The Morgan fingerprint density at radius 1 is 1.22 bits per heavy atom. The minimum atomic E-state index is -0.590. The van der Waals surface area contributed by atoms with Crippen LogP contribution in [-0.2, 0) is 20.9 Å². The number of aromatic nitrogens is 2. The minimum absolute atomic E-state index is 0.00884. The van der Waals surface area contributed by atoms with Gasteiger partial charge in [0.15, 0.2) is 5.16 Å². The van der Waals surface area contributed by atoms with Crippen molar-refractivity contribution in [2.24, 2.45) is 0 Å². The molecular weight excluding hydrogens is 454 g/mol. The second kappa shape index (κ2) is 10.5. The van der Waals surface area contributed by atoms with Crippen LogP contribution in [0.3, 0.4) is 0 Å². The quantitative estimate of drug-likeness (QED) is 0.301. The third kappa shape index (κ3) is 5.41. The normalized spacial score (nSPS) is 11.8. The first-order valence-corrected chi connectivity index (χ1v) is 11.0. The van der Waals surface area contributed by atoms with Gasteiger partial charge in [-0.15, -0.1) is 0 Å². The number of esters is 1. The van der Waals surface area contributed by atoms with Gasteiger partial charge in [0.05, 0.1) is 41.8 Å². The summed E-state index contributed by atoms with van der Waals surface area (Å²) in [5.41, 5.74) is 0.753. The highest BCUT2D eigenvalue weighted by atomic mass is 35.5. The molecule has 0 aliphatic rings. The summed E-state index contributed by atoms with van der Waals surface area (Å²) in [7, 11) is 2.80. The van der Waals surface area contributed by atoms with Crippen molar-refractivity contribution < 1.29 is 19.1 Å². The number of hydrogen-bond donors (Lipinski definition) is 1. The fourth-order valence-electron chi connectivity index (χ4n) is 2.94. The van der Waals surface area contributed by atoms with Crippen LogP contribution in [-0.4, -0.2) is 40.9 Å². The van der Waals surface area contributed by atoms with Crippen molar-refractivity contribution in [2.75, 3.05) is 19.5 Å². The van der Waals surface area contributed by atoms with Crippen molar-refractivity contribution in [3.63, 3.8) is 0 Å². The van der Waals surface area contributed by atoms with Gasteiger partial charge in [-0.2, -0.15) is 0 Å². The lowest BCUT2D eigenvalue weighted by atomic mass is 10.2. The van der Waals surface area contributed by atoms with Gasteiger partial charge >= 0.3 is 5.97 Å². The zero-order valence-electron chi connectivity index (χ0n) is 17.8. The van der Waals surface area contributed by atoms with E-state index in [2.05, 4.69) is 15.0 Å². The first-order valence-electron chi connectivity index (χ1n) is 9.71. The third-order valence-corrected chi connectivity index (χ3v) is 6.05. The summed E-state index contributed by atoms with van der Waals surface area (Å²) in [6.07, 6.45) is 0.00884. The Bertz CT molecular complexity index is 1210. The van der Waals surface area contributed by atoms with Crippen molar-refractivity contribution in [1.29, 1.82) is 0 Å². The lowest BCUT2D eigenvalue weighted by Gasteiger charge is -2.16. The number of benzene rings is 2. The number of amides is 1. The number of carbonyl (C=O) groups excluding carboxylic acids is 2. The minimum Gasteiger partial charge on any atom is -0.495 e. The molecule has 32 heavy (non-hydrogen) atoms. The fraction of sp³-hybridized carbons (Fsp3) is 0.273. The van der Waals surface area contributed by atoms with Crippen LogP contribution in [0.25, 0.3) is 10.9 Å². The highest BCUT2D eigenvalue weighted by molar-refractivity contribution is 8.00. The number of nitrogens with one attached hydrogen (secondary N) is 1. The molecule has 1 N–H and O–H groups in total. The van der Waals surface area contributed by atoms with E-state index in [9.17, 15) is 14.4 Å². The molecule has 1 heterocycles. The molecule has 10 heteroatoms. The molecule has 8 nitrogen and oxygen atoms in total. The van der Waals surface area contributed by atoms with Crippen molar-refractivity contribution in [1.82, 2.24) is 9.55 Å². The standard InChI is InChI=1S/C22H22ClN3O5S/c1-13(20(28)24-14-8-9-18(30-2)16(23)12-14)32-22-25-17-7-5-4-6-15(17)21(29)26(22)11-10-19(27)31-3/h4-9,12-13H,10-11H2,1-3H3,(H,24,28). The van der Waals surface area contributed by atoms with E-state index in [1.807, 2.05) is 0 Å². The largest absolute Gasteiger partial charge is 0.495 e. The lowest BCUT2D eigenvalue weighted by molar-refractivity contribution is -0.140. The monoisotopic (exact) mass is 475 g/mol. The molecule has 1 amide bonds. The van der Waals surface area contributed by atoms with Crippen LogP contribution in [0.15, 0.2) is 52.4 Å². The molecule has 3 rings (SSSR count). The zero-order chi connectivity index (χ0) is 23.3. The molecule has 1 aromatic heterocycles. The second-order valence-corrected chi connectivity index (χ2v) is 8.51. The number of nitrogens with zero attached hydrogens (tertiary/aromatic N) is 2. The number of para-hydroxylation sites is 1. The van der Waals surface area contributed by atoms with E-state index in [1.165, 1.54) is 18.8 Å². The summed E-state index contributed by atoms with van der Waals surface area (Å²) in [5, 5.41) is 3.36. The number of halogens is 1. The number of anilines is 1. The van der Waals surface area contributed by atoms with Crippen molar-refractivity contribution in [2.45, 2.75) is 30.3 Å². The Balaban J connectivity index is 1.85. The molecule has 0 fully saturated rings. The van der Waals surface area contributed by atoms with Crippen LogP contribution in [0.1, 0.15) is 13.3 Å². The first kappa shape index (κ1) is 23.6. The fourth-order valence-corrected chi connectivity index (χ4v) is 4.13. The Kier molecular flexibility index (Phi) is 7.76. The van der Waals surface area contributed by atoms with Crippen LogP contribution in [0.5, 0.6) is 5.75 Å². The van der Waals surface area contributed by atoms with Gasteiger partial charge in [-0.25, -0.2) is 4.98 Å². The topological polar surface area (TPSA) is 99.5 Å². The van der Waals surface area contributed by atoms with Crippen molar-refractivity contribution in [3.05, 3.63) is 57.8 Å². The van der Waals surface area contributed by atoms with Gasteiger partial charge in [0.25, 0.3) is 5.56 Å².